The molecule has 0 spiro atoms. The molecule has 0 aromatic rings. The molecule has 0 unspecified atom stereocenters. The largest absolute Gasteiger partial charge is 0.381 e. The first-order valence-electron chi connectivity index (χ1n) is 7.13. The van der Waals surface area contributed by atoms with Gasteiger partial charge in [0.2, 0.25) is 10.0 Å². The second-order valence-corrected chi connectivity index (χ2v) is 7.37. The number of hydrogen-bond acceptors (Lipinski definition) is 5. The molecule has 0 aromatic heterocycles. The second-order valence-electron chi connectivity index (χ2n) is 5.38. The van der Waals surface area contributed by atoms with E-state index in [2.05, 4.69) is 9.62 Å². The first-order valence-corrected chi connectivity index (χ1v) is 8.68. The van der Waals surface area contributed by atoms with Gasteiger partial charge in [0.05, 0.1) is 5.25 Å². The Morgan fingerprint density at radius 2 is 1.79 bits per heavy atom. The van der Waals surface area contributed by atoms with E-state index >= 15 is 0 Å². The standard InChI is InChI=1S/C12H25N3O3S/c13-5-8-15-6-1-11(2-7-15)14-19(16,17)12-3-9-18-10-4-12/h11-12,14H,1-10,13H2. The van der Waals surface area contributed by atoms with Crippen LogP contribution in [0.1, 0.15) is 25.7 Å². The molecule has 2 fully saturated rings. The molecule has 0 bridgehead atoms. The predicted molar refractivity (Wildman–Crippen MR) is 74.4 cm³/mol. The van der Waals surface area contributed by atoms with Crippen LogP contribution >= 0.6 is 0 Å². The van der Waals surface area contributed by atoms with E-state index in [0.717, 1.165) is 32.5 Å². The Bertz CT molecular complexity index is 360. The molecule has 6 nitrogen and oxygen atoms in total. The number of likely N-dealkylation sites (tertiary alicyclic amines) is 1. The highest BCUT2D eigenvalue weighted by atomic mass is 32.2. The Kier molecular flexibility index (Phi) is 5.58. The van der Waals surface area contributed by atoms with Gasteiger partial charge >= 0.3 is 0 Å². The number of nitrogens with one attached hydrogen (secondary N) is 1. The molecule has 0 radical (unpaired) electrons. The van der Waals surface area contributed by atoms with Crippen molar-refractivity contribution >= 4 is 10.0 Å². The Balaban J connectivity index is 1.80. The van der Waals surface area contributed by atoms with Crippen molar-refractivity contribution < 1.29 is 13.2 Å². The Morgan fingerprint density at radius 3 is 2.37 bits per heavy atom. The Hall–Kier alpha value is -0.210. The lowest BCUT2D eigenvalue weighted by Gasteiger charge is -2.33. The molecule has 2 rings (SSSR count). The van der Waals surface area contributed by atoms with E-state index in [1.165, 1.54) is 0 Å². The number of nitrogens with two attached hydrogens (primary N) is 1. The quantitative estimate of drug-likeness (QED) is 0.714. The molecular weight excluding hydrogens is 266 g/mol. The first-order chi connectivity index (χ1) is 9.12. The summed E-state index contributed by atoms with van der Waals surface area (Å²) >= 11 is 0. The van der Waals surface area contributed by atoms with E-state index in [0.29, 0.717) is 32.6 Å². The molecule has 0 saturated carbocycles. The summed E-state index contributed by atoms with van der Waals surface area (Å²) in [4.78, 5) is 2.29. The van der Waals surface area contributed by atoms with Crippen LogP contribution in [0, 0.1) is 0 Å². The van der Waals surface area contributed by atoms with E-state index in [-0.39, 0.29) is 11.3 Å². The lowest BCUT2D eigenvalue weighted by Crippen LogP contribution is -2.48. The van der Waals surface area contributed by atoms with Gasteiger partial charge in [-0.05, 0) is 38.8 Å². The molecule has 2 heterocycles. The molecule has 3 N–H and O–H groups in total. The summed E-state index contributed by atoms with van der Waals surface area (Å²) < 4.78 is 32.6. The van der Waals surface area contributed by atoms with Crippen molar-refractivity contribution in [2.24, 2.45) is 5.73 Å². The summed E-state index contributed by atoms with van der Waals surface area (Å²) in [5.74, 6) is 0. The lowest BCUT2D eigenvalue weighted by molar-refractivity contribution is 0.0979. The molecule has 19 heavy (non-hydrogen) atoms. The van der Waals surface area contributed by atoms with Crippen molar-refractivity contribution in [1.29, 1.82) is 0 Å². The van der Waals surface area contributed by atoms with Gasteiger partial charge in [-0.15, -0.1) is 0 Å². The minimum absolute atomic E-state index is 0.0851. The zero-order chi connectivity index (χ0) is 13.7. The average Bonchev–Trinajstić information content (AvgIpc) is 2.42. The highest BCUT2D eigenvalue weighted by Gasteiger charge is 2.30. The molecule has 2 saturated heterocycles. The van der Waals surface area contributed by atoms with Crippen molar-refractivity contribution in [3.8, 4) is 0 Å². The second kappa shape index (κ2) is 6.99. The summed E-state index contributed by atoms with van der Waals surface area (Å²) in [7, 11) is -3.19. The summed E-state index contributed by atoms with van der Waals surface area (Å²) in [5.41, 5.74) is 5.53. The van der Waals surface area contributed by atoms with Crippen LogP contribution in [0.2, 0.25) is 0 Å². The van der Waals surface area contributed by atoms with Crippen LogP contribution in [0.3, 0.4) is 0 Å². The van der Waals surface area contributed by atoms with Gasteiger partial charge in [-0.1, -0.05) is 0 Å². The van der Waals surface area contributed by atoms with E-state index in [9.17, 15) is 8.42 Å². The smallest absolute Gasteiger partial charge is 0.214 e. The highest BCUT2D eigenvalue weighted by Crippen LogP contribution is 2.17. The molecule has 112 valence electrons. The van der Waals surface area contributed by atoms with E-state index in [1.807, 2.05) is 0 Å². The minimum Gasteiger partial charge on any atom is -0.381 e. The maximum Gasteiger partial charge on any atom is 0.214 e. The molecule has 2 aliphatic rings. The van der Waals surface area contributed by atoms with Gasteiger partial charge in [-0.25, -0.2) is 13.1 Å². The Labute approximate surface area is 115 Å². The van der Waals surface area contributed by atoms with Gasteiger partial charge in [-0.2, -0.15) is 0 Å². The van der Waals surface area contributed by atoms with Gasteiger partial charge in [0.15, 0.2) is 0 Å². The Morgan fingerprint density at radius 1 is 1.16 bits per heavy atom. The van der Waals surface area contributed by atoms with Gasteiger partial charge in [0.1, 0.15) is 0 Å². The molecule has 2 aliphatic heterocycles. The zero-order valence-electron chi connectivity index (χ0n) is 11.4. The molecule has 7 heteroatoms. The van der Waals surface area contributed by atoms with Crippen molar-refractivity contribution in [2.75, 3.05) is 39.4 Å². The van der Waals surface area contributed by atoms with Gasteiger partial charge in [-0.3, -0.25) is 0 Å². The van der Waals surface area contributed by atoms with E-state index < -0.39 is 10.0 Å². The number of hydrogen-bond donors (Lipinski definition) is 2. The monoisotopic (exact) mass is 291 g/mol. The van der Waals surface area contributed by atoms with Gasteiger partial charge in [0.25, 0.3) is 0 Å². The van der Waals surface area contributed by atoms with Crippen LogP contribution in [-0.4, -0.2) is 64.0 Å². The molecule has 0 aliphatic carbocycles. The highest BCUT2D eigenvalue weighted by molar-refractivity contribution is 7.90. The molecule has 0 amide bonds. The van der Waals surface area contributed by atoms with Crippen LogP contribution in [0.25, 0.3) is 0 Å². The maximum atomic E-state index is 12.3. The fourth-order valence-electron chi connectivity index (χ4n) is 2.77. The van der Waals surface area contributed by atoms with Crippen LogP contribution in [-0.2, 0) is 14.8 Å². The fourth-order valence-corrected chi connectivity index (χ4v) is 4.48. The number of rotatable bonds is 5. The van der Waals surface area contributed by atoms with Crippen LogP contribution in [0.5, 0.6) is 0 Å². The molecular formula is C12H25N3O3S. The van der Waals surface area contributed by atoms with Crippen molar-refractivity contribution in [2.45, 2.75) is 37.0 Å². The van der Waals surface area contributed by atoms with Gasteiger partial charge in [0, 0.05) is 32.3 Å². The van der Waals surface area contributed by atoms with Crippen LogP contribution in [0.15, 0.2) is 0 Å². The van der Waals surface area contributed by atoms with Crippen LogP contribution in [0.4, 0.5) is 0 Å². The minimum atomic E-state index is -3.19. The topological polar surface area (TPSA) is 84.7 Å². The summed E-state index contributed by atoms with van der Waals surface area (Å²) in [5, 5.41) is -0.275. The van der Waals surface area contributed by atoms with Crippen molar-refractivity contribution in [1.82, 2.24) is 9.62 Å². The fraction of sp³-hybridized carbons (Fsp3) is 1.00. The van der Waals surface area contributed by atoms with E-state index in [1.54, 1.807) is 0 Å². The first kappa shape index (κ1) is 15.2. The maximum absolute atomic E-state index is 12.3. The number of nitrogens with zero attached hydrogens (tertiary/aromatic N) is 1. The summed E-state index contributed by atoms with van der Waals surface area (Å²) in [6.45, 7) is 4.54. The number of piperidine rings is 1. The molecule has 0 atom stereocenters. The van der Waals surface area contributed by atoms with Gasteiger partial charge < -0.3 is 15.4 Å². The zero-order valence-corrected chi connectivity index (χ0v) is 12.2. The summed E-state index contributed by atoms with van der Waals surface area (Å²) in [6.07, 6.45) is 2.98. The number of sulfonamides is 1. The molecule has 0 aromatic carbocycles. The van der Waals surface area contributed by atoms with Crippen molar-refractivity contribution in [3.63, 3.8) is 0 Å². The SMILES string of the molecule is NCCN1CCC(NS(=O)(=O)C2CCOCC2)CC1. The average molecular weight is 291 g/mol. The summed E-state index contributed by atoms with van der Waals surface area (Å²) in [6, 6.07) is 0.0851. The normalized spacial score (nSPS) is 24.7. The third-order valence-corrected chi connectivity index (χ3v) is 5.98. The lowest BCUT2D eigenvalue weighted by atomic mass is 10.1. The predicted octanol–water partition coefficient (Wildman–Crippen LogP) is -0.492. The third-order valence-electron chi connectivity index (χ3n) is 3.97. The van der Waals surface area contributed by atoms with Crippen LogP contribution < -0.4 is 10.5 Å². The third kappa shape index (κ3) is 4.39. The van der Waals surface area contributed by atoms with Crippen molar-refractivity contribution in [3.05, 3.63) is 0 Å². The van der Waals surface area contributed by atoms with E-state index in [4.69, 9.17) is 10.5 Å². The number of ether oxygens (including phenoxy) is 1.